The minimum absolute atomic E-state index is 0.0618. The standard InChI is InChI=1S/C23H32N4O3/c1-5-16(6-2)10-26-13-23-8-7-18(30-23)19(20(23)22(26)29)21(28)25-11-17(12-25)27-15(4)9-14(3)24-27/h7-9,16-20H,5-6,10-13H2,1-4H3/t18-,19?,20?,23-/m0/s1. The van der Waals surface area contributed by atoms with E-state index in [0.717, 1.165) is 30.8 Å². The van der Waals surface area contributed by atoms with E-state index in [1.54, 1.807) is 0 Å². The number of carbonyl (C=O) groups excluding carboxylic acids is 2. The SMILES string of the molecule is CCC(CC)CN1C[C@]23C=C[C@H](O2)C(C(=O)N2CC(n4nc(C)cc4C)C2)C3C1=O. The van der Waals surface area contributed by atoms with E-state index in [2.05, 4.69) is 31.9 Å². The van der Waals surface area contributed by atoms with E-state index >= 15 is 0 Å². The van der Waals surface area contributed by atoms with E-state index in [4.69, 9.17) is 4.74 Å². The first-order valence-electron chi connectivity index (χ1n) is 11.3. The molecule has 2 amide bonds. The van der Waals surface area contributed by atoms with Gasteiger partial charge >= 0.3 is 0 Å². The van der Waals surface area contributed by atoms with Crippen LogP contribution in [0.15, 0.2) is 18.2 Å². The van der Waals surface area contributed by atoms with Gasteiger partial charge in [-0.2, -0.15) is 5.10 Å². The number of fused-ring (bicyclic) bond motifs is 1. The summed E-state index contributed by atoms with van der Waals surface area (Å²) in [7, 11) is 0. The van der Waals surface area contributed by atoms with Crippen molar-refractivity contribution in [2.45, 2.75) is 58.3 Å². The van der Waals surface area contributed by atoms with Crippen LogP contribution in [0.2, 0.25) is 0 Å². The van der Waals surface area contributed by atoms with Crippen LogP contribution in [-0.2, 0) is 14.3 Å². The zero-order chi connectivity index (χ0) is 21.2. The predicted octanol–water partition coefficient (Wildman–Crippen LogP) is 2.10. The monoisotopic (exact) mass is 412 g/mol. The van der Waals surface area contributed by atoms with Crippen molar-refractivity contribution in [1.29, 1.82) is 0 Å². The Morgan fingerprint density at radius 3 is 2.67 bits per heavy atom. The molecular weight excluding hydrogens is 380 g/mol. The van der Waals surface area contributed by atoms with Crippen molar-refractivity contribution in [2.75, 3.05) is 26.2 Å². The lowest BCUT2D eigenvalue weighted by molar-refractivity contribution is -0.148. The molecule has 4 atom stereocenters. The summed E-state index contributed by atoms with van der Waals surface area (Å²) < 4.78 is 8.30. The molecule has 2 unspecified atom stereocenters. The minimum atomic E-state index is -0.603. The van der Waals surface area contributed by atoms with Gasteiger partial charge in [-0.25, -0.2) is 0 Å². The van der Waals surface area contributed by atoms with Crippen molar-refractivity contribution in [2.24, 2.45) is 17.8 Å². The molecule has 4 aliphatic rings. The average molecular weight is 413 g/mol. The molecule has 30 heavy (non-hydrogen) atoms. The number of hydrogen-bond donors (Lipinski definition) is 0. The Morgan fingerprint density at radius 2 is 2.03 bits per heavy atom. The Balaban J connectivity index is 1.30. The van der Waals surface area contributed by atoms with E-state index in [1.165, 1.54) is 0 Å². The van der Waals surface area contributed by atoms with Gasteiger partial charge in [0.2, 0.25) is 11.8 Å². The van der Waals surface area contributed by atoms with Gasteiger partial charge in [0.1, 0.15) is 5.60 Å². The molecule has 4 aliphatic heterocycles. The summed E-state index contributed by atoms with van der Waals surface area (Å²) in [4.78, 5) is 30.6. The van der Waals surface area contributed by atoms with E-state index in [0.29, 0.717) is 25.6 Å². The van der Waals surface area contributed by atoms with Crippen LogP contribution in [0.4, 0.5) is 0 Å². The fourth-order valence-electron chi connectivity index (χ4n) is 5.89. The third kappa shape index (κ3) is 2.77. The van der Waals surface area contributed by atoms with Gasteiger partial charge in [0.15, 0.2) is 0 Å². The smallest absolute Gasteiger partial charge is 0.230 e. The summed E-state index contributed by atoms with van der Waals surface area (Å²) in [6, 6.07) is 2.28. The number of ether oxygens (including phenoxy) is 1. The fraction of sp³-hybridized carbons (Fsp3) is 0.696. The van der Waals surface area contributed by atoms with Crippen LogP contribution in [-0.4, -0.2) is 69.3 Å². The number of amides is 2. The molecule has 0 aliphatic carbocycles. The summed E-state index contributed by atoms with van der Waals surface area (Å²) in [6.45, 7) is 11.0. The molecule has 0 saturated carbocycles. The van der Waals surface area contributed by atoms with Gasteiger partial charge in [0, 0.05) is 25.3 Å². The molecule has 3 fully saturated rings. The van der Waals surface area contributed by atoms with Crippen LogP contribution >= 0.6 is 0 Å². The minimum Gasteiger partial charge on any atom is -0.360 e. The maximum Gasteiger partial charge on any atom is 0.230 e. The van der Waals surface area contributed by atoms with E-state index in [1.807, 2.05) is 33.6 Å². The van der Waals surface area contributed by atoms with Crippen molar-refractivity contribution in [3.8, 4) is 0 Å². The molecule has 1 spiro atoms. The van der Waals surface area contributed by atoms with Crippen LogP contribution in [0.3, 0.4) is 0 Å². The summed E-state index contributed by atoms with van der Waals surface area (Å²) in [5, 5.41) is 4.56. The van der Waals surface area contributed by atoms with Crippen LogP contribution in [0.1, 0.15) is 44.1 Å². The summed E-state index contributed by atoms with van der Waals surface area (Å²) in [5.74, 6) is -0.108. The van der Waals surface area contributed by atoms with Crippen LogP contribution in [0.25, 0.3) is 0 Å². The molecule has 0 N–H and O–H groups in total. The molecule has 1 aromatic heterocycles. The highest BCUT2D eigenvalue weighted by molar-refractivity contribution is 5.93. The lowest BCUT2D eigenvalue weighted by Crippen LogP contribution is -2.56. The molecule has 2 bridgehead atoms. The zero-order valence-electron chi connectivity index (χ0n) is 18.4. The molecule has 1 aromatic rings. The summed E-state index contributed by atoms with van der Waals surface area (Å²) >= 11 is 0. The van der Waals surface area contributed by atoms with Gasteiger partial charge in [0.25, 0.3) is 0 Å². The number of hydrogen-bond acceptors (Lipinski definition) is 4. The Morgan fingerprint density at radius 1 is 1.30 bits per heavy atom. The molecule has 7 heteroatoms. The normalized spacial score (nSPS) is 32.4. The Kier molecular flexibility index (Phi) is 4.58. The zero-order valence-corrected chi connectivity index (χ0v) is 18.4. The molecule has 0 radical (unpaired) electrons. The number of aromatic nitrogens is 2. The molecule has 162 valence electrons. The topological polar surface area (TPSA) is 67.7 Å². The summed E-state index contributed by atoms with van der Waals surface area (Å²) in [6.07, 6.45) is 5.90. The second-order valence-corrected chi connectivity index (χ2v) is 9.57. The first-order chi connectivity index (χ1) is 14.4. The van der Waals surface area contributed by atoms with E-state index in [9.17, 15) is 9.59 Å². The number of likely N-dealkylation sites (tertiary alicyclic amines) is 2. The van der Waals surface area contributed by atoms with Crippen molar-refractivity contribution < 1.29 is 14.3 Å². The van der Waals surface area contributed by atoms with Crippen molar-refractivity contribution in [1.82, 2.24) is 19.6 Å². The van der Waals surface area contributed by atoms with Crippen LogP contribution in [0, 0.1) is 31.6 Å². The molecular formula is C23H32N4O3. The second kappa shape index (κ2) is 6.94. The number of nitrogens with zero attached hydrogens (tertiary/aromatic N) is 4. The van der Waals surface area contributed by atoms with Crippen LogP contribution < -0.4 is 0 Å². The Hall–Kier alpha value is -2.15. The molecule has 5 rings (SSSR count). The number of aryl methyl sites for hydroxylation is 2. The van der Waals surface area contributed by atoms with Gasteiger partial charge in [-0.1, -0.05) is 38.8 Å². The lowest BCUT2D eigenvalue weighted by Gasteiger charge is -2.42. The van der Waals surface area contributed by atoms with Gasteiger partial charge < -0.3 is 14.5 Å². The molecule has 0 aromatic carbocycles. The second-order valence-electron chi connectivity index (χ2n) is 9.57. The van der Waals surface area contributed by atoms with Gasteiger partial charge in [0.05, 0.1) is 36.2 Å². The number of carbonyl (C=O) groups is 2. The first kappa shape index (κ1) is 19.8. The third-order valence-corrected chi connectivity index (χ3v) is 7.66. The van der Waals surface area contributed by atoms with Crippen molar-refractivity contribution in [3.63, 3.8) is 0 Å². The van der Waals surface area contributed by atoms with Gasteiger partial charge in [-0.15, -0.1) is 0 Å². The van der Waals surface area contributed by atoms with Gasteiger partial charge in [-0.05, 0) is 25.8 Å². The van der Waals surface area contributed by atoms with Crippen molar-refractivity contribution in [3.05, 3.63) is 29.6 Å². The van der Waals surface area contributed by atoms with Crippen molar-refractivity contribution >= 4 is 11.8 Å². The predicted molar refractivity (Wildman–Crippen MR) is 112 cm³/mol. The Labute approximate surface area is 178 Å². The largest absolute Gasteiger partial charge is 0.360 e. The van der Waals surface area contributed by atoms with Crippen LogP contribution in [0.5, 0.6) is 0 Å². The van der Waals surface area contributed by atoms with E-state index < -0.39 is 11.5 Å². The molecule has 3 saturated heterocycles. The highest BCUT2D eigenvalue weighted by Gasteiger charge is 2.67. The van der Waals surface area contributed by atoms with E-state index in [-0.39, 0.29) is 29.9 Å². The highest BCUT2D eigenvalue weighted by atomic mass is 16.5. The first-order valence-corrected chi connectivity index (χ1v) is 11.3. The molecule has 5 heterocycles. The fourth-order valence-corrected chi connectivity index (χ4v) is 5.89. The maximum atomic E-state index is 13.4. The maximum absolute atomic E-state index is 13.4. The average Bonchev–Trinajstić information content (AvgIpc) is 3.39. The third-order valence-electron chi connectivity index (χ3n) is 7.66. The lowest BCUT2D eigenvalue weighted by atomic mass is 9.76. The quantitative estimate of drug-likeness (QED) is 0.671. The number of rotatable bonds is 6. The highest BCUT2D eigenvalue weighted by Crippen LogP contribution is 2.52. The summed E-state index contributed by atoms with van der Waals surface area (Å²) in [5.41, 5.74) is 1.52. The van der Waals surface area contributed by atoms with Gasteiger partial charge in [-0.3, -0.25) is 14.3 Å². The molecule has 7 nitrogen and oxygen atoms in total. The Bertz CT molecular complexity index is 898.